The van der Waals surface area contributed by atoms with Crippen molar-refractivity contribution in [2.75, 3.05) is 13.2 Å². The summed E-state index contributed by atoms with van der Waals surface area (Å²) in [5.74, 6) is -0.0286. The zero-order valence-corrected chi connectivity index (χ0v) is 52.0. The van der Waals surface area contributed by atoms with E-state index in [2.05, 4.69) is 55.6 Å². The van der Waals surface area contributed by atoms with Crippen molar-refractivity contribution in [3.63, 3.8) is 0 Å². The molecule has 0 aromatic rings. The van der Waals surface area contributed by atoms with Gasteiger partial charge in [-0.25, -0.2) is 0 Å². The molecule has 0 aliphatic heterocycles. The van der Waals surface area contributed by atoms with E-state index >= 15 is 0 Å². The molecular weight excluding hydrogens is 947 g/mol. The van der Waals surface area contributed by atoms with Crippen molar-refractivity contribution in [1.82, 2.24) is 5.32 Å². The number of rotatable bonds is 65. The molecule has 0 radical (unpaired) electrons. The Morgan fingerprint density at radius 3 is 1.01 bits per heavy atom. The summed E-state index contributed by atoms with van der Waals surface area (Å²) >= 11 is 0. The van der Waals surface area contributed by atoms with Gasteiger partial charge < -0.3 is 20.3 Å². The second kappa shape index (κ2) is 66.6. The number of hydrogen-bond donors (Lipinski definition) is 3. The molecule has 0 aliphatic rings. The lowest BCUT2D eigenvalue weighted by molar-refractivity contribution is -0.143. The number of allylic oxidation sites excluding steroid dienone is 6. The molecule has 0 saturated carbocycles. The lowest BCUT2D eigenvalue weighted by Crippen LogP contribution is -2.45. The molecule has 1 amide bonds. The zero-order valence-electron chi connectivity index (χ0n) is 52.0. The van der Waals surface area contributed by atoms with Crippen LogP contribution in [0.15, 0.2) is 36.5 Å². The molecule has 0 heterocycles. The number of carbonyl (C=O) groups is 2. The minimum atomic E-state index is -0.664. The molecule has 0 bridgehead atoms. The van der Waals surface area contributed by atoms with Crippen LogP contribution in [-0.2, 0) is 14.3 Å². The van der Waals surface area contributed by atoms with Gasteiger partial charge in [0.15, 0.2) is 0 Å². The van der Waals surface area contributed by atoms with Gasteiger partial charge in [-0.2, -0.15) is 0 Å². The maximum Gasteiger partial charge on any atom is 0.305 e. The molecule has 77 heavy (non-hydrogen) atoms. The third-order valence-corrected chi connectivity index (χ3v) is 16.2. The second-order valence-electron chi connectivity index (χ2n) is 23.9. The smallest absolute Gasteiger partial charge is 0.305 e. The van der Waals surface area contributed by atoms with E-state index in [4.69, 9.17) is 4.74 Å². The molecule has 0 fully saturated rings. The van der Waals surface area contributed by atoms with Crippen LogP contribution in [0.2, 0.25) is 0 Å². The van der Waals surface area contributed by atoms with E-state index in [1.807, 2.05) is 0 Å². The maximum atomic E-state index is 12.5. The Morgan fingerprint density at radius 1 is 0.364 bits per heavy atom. The highest BCUT2D eigenvalue weighted by atomic mass is 16.5. The fourth-order valence-corrected chi connectivity index (χ4v) is 10.8. The van der Waals surface area contributed by atoms with Gasteiger partial charge in [0.2, 0.25) is 5.91 Å². The Kier molecular flexibility index (Phi) is 64.9. The number of aliphatic hydroxyl groups is 2. The molecule has 0 saturated heterocycles. The standard InChI is InChI=1S/C71H135NO5/c1-3-5-7-9-11-13-15-17-19-37-41-45-49-53-57-61-65-71(76)77-66-62-58-54-50-46-42-38-34-32-30-28-26-24-22-20-21-23-25-27-29-31-33-36-40-44-48-52-56-60-64-70(75)72-68(67-73)69(74)63-59-55-51-47-43-39-35-18-16-14-12-10-8-6-4-2/h13,15,19-20,22,37,68-69,73-74H,3-12,14,16-18,21,23-36,38-67H2,1-2H3,(H,72,75)/b15-13-,22-20-,37-19-. The number of nitrogens with one attached hydrogen (secondary N) is 1. The lowest BCUT2D eigenvalue weighted by Gasteiger charge is -2.22. The van der Waals surface area contributed by atoms with Crippen LogP contribution in [0.3, 0.4) is 0 Å². The Morgan fingerprint density at radius 2 is 0.649 bits per heavy atom. The molecule has 3 N–H and O–H groups in total. The number of unbranched alkanes of at least 4 members (excludes halogenated alkanes) is 48. The summed E-state index contributed by atoms with van der Waals surface area (Å²) in [5, 5.41) is 23.3. The molecule has 454 valence electrons. The topological polar surface area (TPSA) is 95.9 Å². The highest BCUT2D eigenvalue weighted by molar-refractivity contribution is 5.76. The van der Waals surface area contributed by atoms with Crippen LogP contribution in [0, 0.1) is 0 Å². The first-order chi connectivity index (χ1) is 38.0. The van der Waals surface area contributed by atoms with Crippen LogP contribution in [0.25, 0.3) is 0 Å². The average molecular weight is 1080 g/mol. The van der Waals surface area contributed by atoms with Crippen molar-refractivity contribution in [3.8, 4) is 0 Å². The van der Waals surface area contributed by atoms with E-state index in [-0.39, 0.29) is 18.5 Å². The van der Waals surface area contributed by atoms with E-state index in [9.17, 15) is 19.8 Å². The summed E-state index contributed by atoms with van der Waals surface area (Å²) in [5.41, 5.74) is 0. The number of amides is 1. The van der Waals surface area contributed by atoms with E-state index in [0.29, 0.717) is 25.9 Å². The SMILES string of the molecule is CCCCCC/C=C\C/C=C\CCCCCCCC(=O)OCCCCCCCCCCCCCC/C=C\CCCCCCCCCCCCCCCC(=O)NC(CO)C(O)CCCCCCCCCCCCCCCCC. The highest BCUT2D eigenvalue weighted by Crippen LogP contribution is 2.18. The molecule has 0 rings (SSSR count). The molecule has 6 nitrogen and oxygen atoms in total. The first kappa shape index (κ1) is 75.1. The van der Waals surface area contributed by atoms with Crippen LogP contribution in [0.4, 0.5) is 0 Å². The molecule has 6 heteroatoms. The first-order valence-corrected chi connectivity index (χ1v) is 34.7. The second-order valence-corrected chi connectivity index (χ2v) is 23.9. The number of aliphatic hydroxyl groups excluding tert-OH is 2. The van der Waals surface area contributed by atoms with Gasteiger partial charge in [0.05, 0.1) is 25.4 Å². The third-order valence-electron chi connectivity index (χ3n) is 16.2. The molecule has 2 unspecified atom stereocenters. The summed E-state index contributed by atoms with van der Waals surface area (Å²) in [6.07, 6.45) is 84.7. The summed E-state index contributed by atoms with van der Waals surface area (Å²) in [6, 6.07) is -0.541. The van der Waals surface area contributed by atoms with Crippen molar-refractivity contribution in [3.05, 3.63) is 36.5 Å². The highest BCUT2D eigenvalue weighted by Gasteiger charge is 2.20. The summed E-state index contributed by atoms with van der Waals surface area (Å²) in [6.45, 7) is 4.96. The fraction of sp³-hybridized carbons (Fsp3) is 0.887. The van der Waals surface area contributed by atoms with Gasteiger partial charge in [-0.3, -0.25) is 9.59 Å². The van der Waals surface area contributed by atoms with Crippen LogP contribution >= 0.6 is 0 Å². The summed E-state index contributed by atoms with van der Waals surface area (Å²) < 4.78 is 5.49. The van der Waals surface area contributed by atoms with Crippen molar-refractivity contribution in [2.45, 2.75) is 392 Å². The van der Waals surface area contributed by atoms with Crippen LogP contribution in [0.5, 0.6) is 0 Å². The molecule has 0 aliphatic carbocycles. The van der Waals surface area contributed by atoms with Crippen molar-refractivity contribution in [1.29, 1.82) is 0 Å². The van der Waals surface area contributed by atoms with Gasteiger partial charge in [-0.1, -0.05) is 320 Å². The molecule has 2 atom stereocenters. The maximum absolute atomic E-state index is 12.5. The van der Waals surface area contributed by atoms with Crippen LogP contribution < -0.4 is 5.32 Å². The van der Waals surface area contributed by atoms with E-state index in [0.717, 1.165) is 51.4 Å². The number of ether oxygens (including phenoxy) is 1. The predicted molar refractivity (Wildman–Crippen MR) is 338 cm³/mol. The Labute approximate surface area is 481 Å². The normalized spacial score (nSPS) is 12.7. The van der Waals surface area contributed by atoms with Gasteiger partial charge in [-0.15, -0.1) is 0 Å². The van der Waals surface area contributed by atoms with Gasteiger partial charge in [-0.05, 0) is 83.5 Å². The van der Waals surface area contributed by atoms with Gasteiger partial charge >= 0.3 is 5.97 Å². The predicted octanol–water partition coefficient (Wildman–Crippen LogP) is 22.3. The summed E-state index contributed by atoms with van der Waals surface area (Å²) in [7, 11) is 0. The largest absolute Gasteiger partial charge is 0.466 e. The molecule has 0 aromatic carbocycles. The van der Waals surface area contributed by atoms with Gasteiger partial charge in [0, 0.05) is 12.8 Å². The number of hydrogen-bond acceptors (Lipinski definition) is 5. The average Bonchev–Trinajstić information content (AvgIpc) is 3.43. The molecular formula is C71H135NO5. The quantitative estimate of drug-likeness (QED) is 0.0320. The molecule has 0 spiro atoms. The minimum Gasteiger partial charge on any atom is -0.466 e. The van der Waals surface area contributed by atoms with E-state index in [1.54, 1.807) is 0 Å². The van der Waals surface area contributed by atoms with E-state index < -0.39 is 12.1 Å². The third kappa shape index (κ3) is 63.1. The fourth-order valence-electron chi connectivity index (χ4n) is 10.8. The Hall–Kier alpha value is -1.92. The van der Waals surface area contributed by atoms with Crippen molar-refractivity contribution in [2.24, 2.45) is 0 Å². The molecule has 0 aromatic heterocycles. The monoisotopic (exact) mass is 1080 g/mol. The van der Waals surface area contributed by atoms with E-state index in [1.165, 1.54) is 295 Å². The van der Waals surface area contributed by atoms with Gasteiger partial charge in [0.1, 0.15) is 0 Å². The van der Waals surface area contributed by atoms with Crippen molar-refractivity contribution < 1.29 is 24.5 Å². The first-order valence-electron chi connectivity index (χ1n) is 34.7. The summed E-state index contributed by atoms with van der Waals surface area (Å²) in [4.78, 5) is 24.6. The van der Waals surface area contributed by atoms with Crippen molar-refractivity contribution >= 4 is 11.9 Å². The number of esters is 1. The Balaban J connectivity index is 3.37. The zero-order chi connectivity index (χ0) is 55.7. The number of carbonyl (C=O) groups excluding carboxylic acids is 2. The minimum absolute atomic E-state index is 0.00333. The van der Waals surface area contributed by atoms with Gasteiger partial charge in [0.25, 0.3) is 0 Å². The van der Waals surface area contributed by atoms with Crippen LogP contribution in [-0.4, -0.2) is 47.4 Å². The lowest BCUT2D eigenvalue weighted by atomic mass is 10.0. The Bertz CT molecular complexity index is 1250. The van der Waals surface area contributed by atoms with Crippen LogP contribution in [0.1, 0.15) is 380 Å².